The van der Waals surface area contributed by atoms with Crippen LogP contribution in [0.5, 0.6) is 0 Å². The zero-order valence-electron chi connectivity index (χ0n) is 8.69. The van der Waals surface area contributed by atoms with Gasteiger partial charge in [-0.15, -0.1) is 0 Å². The van der Waals surface area contributed by atoms with Crippen LogP contribution in [0.3, 0.4) is 0 Å². The van der Waals surface area contributed by atoms with E-state index in [1.165, 1.54) is 7.11 Å². The van der Waals surface area contributed by atoms with Gasteiger partial charge in [-0.1, -0.05) is 0 Å². The molecule has 6 heteroatoms. The van der Waals surface area contributed by atoms with Crippen molar-refractivity contribution in [3.05, 3.63) is 0 Å². The molecule has 2 amide bonds. The van der Waals surface area contributed by atoms with Crippen LogP contribution >= 0.6 is 0 Å². The maximum Gasteiger partial charge on any atom is 0.404 e. The van der Waals surface area contributed by atoms with Crippen molar-refractivity contribution < 1.29 is 19.2 Å². The molecule has 1 rings (SSSR count). The van der Waals surface area contributed by atoms with Crippen LogP contribution in [-0.2, 0) is 14.4 Å². The summed E-state index contributed by atoms with van der Waals surface area (Å²) in [5, 5.41) is 0. The molecule has 0 aromatic heterocycles. The summed E-state index contributed by atoms with van der Waals surface area (Å²) in [4.78, 5) is 26.4. The van der Waals surface area contributed by atoms with Crippen molar-refractivity contribution in [2.45, 2.75) is 31.8 Å². The molecule has 15 heavy (non-hydrogen) atoms. The molecule has 0 spiro atoms. The molecule has 1 saturated carbocycles. The fourth-order valence-corrected chi connectivity index (χ4v) is 1.79. The molecule has 6 nitrogen and oxygen atoms in total. The van der Waals surface area contributed by atoms with E-state index in [1.807, 2.05) is 0 Å². The standard InChI is InChI=1S/C9H16N2O4/c1-14-11-8(12)6-2-4-7(5-3-6)15-9(10)13/h6-7H,2-5H2,1H3,(H2,10,13)(H,11,12)/t6-,7-. The number of hydrogen-bond donors (Lipinski definition) is 2. The van der Waals surface area contributed by atoms with Crippen molar-refractivity contribution in [1.82, 2.24) is 5.48 Å². The van der Waals surface area contributed by atoms with Gasteiger partial charge in [-0.2, -0.15) is 0 Å². The van der Waals surface area contributed by atoms with Crippen LogP contribution in [0.2, 0.25) is 0 Å². The predicted octanol–water partition coefficient (Wildman–Crippen LogP) is 0.318. The summed E-state index contributed by atoms with van der Waals surface area (Å²) in [5.41, 5.74) is 7.20. The number of ether oxygens (including phenoxy) is 1. The molecule has 0 aromatic carbocycles. The molecule has 0 radical (unpaired) electrons. The van der Waals surface area contributed by atoms with E-state index in [4.69, 9.17) is 10.5 Å². The first kappa shape index (κ1) is 11.8. The Balaban J connectivity index is 2.29. The third-order valence-corrected chi connectivity index (χ3v) is 2.53. The SMILES string of the molecule is CONC(=O)[C@H]1CC[C@H](OC(N)=O)CC1. The average molecular weight is 216 g/mol. The normalized spacial score (nSPS) is 25.7. The fourth-order valence-electron chi connectivity index (χ4n) is 1.79. The lowest BCUT2D eigenvalue weighted by molar-refractivity contribution is -0.137. The number of carbonyl (C=O) groups excluding carboxylic acids is 2. The van der Waals surface area contributed by atoms with Gasteiger partial charge >= 0.3 is 6.09 Å². The van der Waals surface area contributed by atoms with Crippen molar-refractivity contribution >= 4 is 12.0 Å². The smallest absolute Gasteiger partial charge is 0.404 e. The second kappa shape index (κ2) is 5.55. The van der Waals surface area contributed by atoms with E-state index in [0.717, 1.165) is 0 Å². The first-order valence-electron chi connectivity index (χ1n) is 4.92. The molecule has 1 aliphatic carbocycles. The Labute approximate surface area is 88.0 Å². The second-order valence-corrected chi connectivity index (χ2v) is 3.58. The quantitative estimate of drug-likeness (QED) is 0.664. The Morgan fingerprint density at radius 3 is 2.33 bits per heavy atom. The molecule has 0 atom stereocenters. The summed E-state index contributed by atoms with van der Waals surface area (Å²) in [7, 11) is 1.40. The van der Waals surface area contributed by atoms with E-state index in [-0.39, 0.29) is 17.9 Å². The minimum Gasteiger partial charge on any atom is -0.446 e. The van der Waals surface area contributed by atoms with Gasteiger partial charge in [-0.25, -0.2) is 10.3 Å². The molecule has 0 unspecified atom stereocenters. The van der Waals surface area contributed by atoms with Crippen LogP contribution in [-0.4, -0.2) is 25.2 Å². The van der Waals surface area contributed by atoms with Crippen LogP contribution in [0.1, 0.15) is 25.7 Å². The third kappa shape index (κ3) is 3.75. The van der Waals surface area contributed by atoms with E-state index >= 15 is 0 Å². The monoisotopic (exact) mass is 216 g/mol. The van der Waals surface area contributed by atoms with Gasteiger partial charge in [-0.05, 0) is 25.7 Å². The Bertz CT molecular complexity index is 236. The van der Waals surface area contributed by atoms with Crippen molar-refractivity contribution in [3.8, 4) is 0 Å². The first-order valence-corrected chi connectivity index (χ1v) is 4.92. The van der Waals surface area contributed by atoms with Gasteiger partial charge in [0.1, 0.15) is 6.10 Å². The van der Waals surface area contributed by atoms with E-state index in [0.29, 0.717) is 25.7 Å². The Morgan fingerprint density at radius 2 is 1.87 bits per heavy atom. The molecule has 86 valence electrons. The van der Waals surface area contributed by atoms with Crippen molar-refractivity contribution in [2.75, 3.05) is 7.11 Å². The van der Waals surface area contributed by atoms with Gasteiger partial charge in [-0.3, -0.25) is 9.63 Å². The maximum absolute atomic E-state index is 11.4. The molecule has 0 saturated heterocycles. The highest BCUT2D eigenvalue weighted by Gasteiger charge is 2.27. The second-order valence-electron chi connectivity index (χ2n) is 3.58. The molecule has 1 fully saturated rings. The predicted molar refractivity (Wildman–Crippen MR) is 51.6 cm³/mol. The average Bonchev–Trinajstić information content (AvgIpc) is 2.18. The van der Waals surface area contributed by atoms with Gasteiger partial charge in [0, 0.05) is 5.92 Å². The summed E-state index contributed by atoms with van der Waals surface area (Å²) < 4.78 is 4.86. The maximum atomic E-state index is 11.4. The number of carbonyl (C=O) groups is 2. The minimum atomic E-state index is -0.750. The highest BCUT2D eigenvalue weighted by atomic mass is 16.6. The van der Waals surface area contributed by atoms with Gasteiger partial charge in [0.25, 0.3) is 0 Å². The molecule has 0 bridgehead atoms. The minimum absolute atomic E-state index is 0.0577. The Kier molecular flexibility index (Phi) is 4.36. The number of nitrogens with one attached hydrogen (secondary N) is 1. The van der Waals surface area contributed by atoms with Gasteiger partial charge in [0.2, 0.25) is 5.91 Å². The highest BCUT2D eigenvalue weighted by Crippen LogP contribution is 2.26. The largest absolute Gasteiger partial charge is 0.446 e. The van der Waals surface area contributed by atoms with Crippen molar-refractivity contribution in [1.29, 1.82) is 0 Å². The topological polar surface area (TPSA) is 90.7 Å². The van der Waals surface area contributed by atoms with E-state index in [9.17, 15) is 9.59 Å². The molecule has 3 N–H and O–H groups in total. The lowest BCUT2D eigenvalue weighted by atomic mass is 9.87. The van der Waals surface area contributed by atoms with Crippen LogP contribution in [0.25, 0.3) is 0 Å². The molecular weight excluding hydrogens is 200 g/mol. The molecule has 0 aromatic rings. The fraction of sp³-hybridized carbons (Fsp3) is 0.778. The van der Waals surface area contributed by atoms with Gasteiger partial charge in [0.15, 0.2) is 0 Å². The summed E-state index contributed by atoms with van der Waals surface area (Å²) in [6.45, 7) is 0. The third-order valence-electron chi connectivity index (χ3n) is 2.53. The Hall–Kier alpha value is -1.30. The van der Waals surface area contributed by atoms with Crippen LogP contribution in [0, 0.1) is 5.92 Å². The van der Waals surface area contributed by atoms with E-state index < -0.39 is 6.09 Å². The molecule has 0 aliphatic heterocycles. The zero-order valence-corrected chi connectivity index (χ0v) is 8.69. The molecule has 1 aliphatic rings. The van der Waals surface area contributed by atoms with Crippen LogP contribution in [0.4, 0.5) is 4.79 Å². The van der Waals surface area contributed by atoms with Gasteiger partial charge < -0.3 is 10.5 Å². The number of hydrogen-bond acceptors (Lipinski definition) is 4. The van der Waals surface area contributed by atoms with Gasteiger partial charge in [0.05, 0.1) is 7.11 Å². The Morgan fingerprint density at radius 1 is 1.27 bits per heavy atom. The summed E-state index contributed by atoms with van der Waals surface area (Å²) in [6.07, 6.45) is 1.82. The number of hydroxylamine groups is 1. The number of nitrogens with two attached hydrogens (primary N) is 1. The lowest BCUT2D eigenvalue weighted by Crippen LogP contribution is -2.35. The van der Waals surface area contributed by atoms with E-state index in [2.05, 4.69) is 10.3 Å². The summed E-state index contributed by atoms with van der Waals surface area (Å²) in [5.74, 6) is -0.173. The number of primary amides is 1. The number of rotatable bonds is 3. The summed E-state index contributed by atoms with van der Waals surface area (Å²) >= 11 is 0. The van der Waals surface area contributed by atoms with Crippen LogP contribution in [0.15, 0.2) is 0 Å². The number of amides is 2. The highest BCUT2D eigenvalue weighted by molar-refractivity contribution is 5.77. The zero-order chi connectivity index (χ0) is 11.3. The lowest BCUT2D eigenvalue weighted by Gasteiger charge is -2.26. The van der Waals surface area contributed by atoms with Crippen molar-refractivity contribution in [3.63, 3.8) is 0 Å². The summed E-state index contributed by atoms with van der Waals surface area (Å²) in [6, 6.07) is 0. The van der Waals surface area contributed by atoms with Crippen LogP contribution < -0.4 is 11.2 Å². The first-order chi connectivity index (χ1) is 7.13. The van der Waals surface area contributed by atoms with E-state index in [1.54, 1.807) is 0 Å². The van der Waals surface area contributed by atoms with Crippen molar-refractivity contribution in [2.24, 2.45) is 11.7 Å². The molecule has 0 heterocycles. The molecular formula is C9H16N2O4.